The van der Waals surface area contributed by atoms with E-state index in [-0.39, 0.29) is 17.4 Å². The second-order valence-corrected chi connectivity index (χ2v) is 6.92. The monoisotopic (exact) mass is 292 g/mol. The van der Waals surface area contributed by atoms with Crippen molar-refractivity contribution in [3.63, 3.8) is 0 Å². The van der Waals surface area contributed by atoms with Gasteiger partial charge < -0.3 is 14.6 Å². The Morgan fingerprint density at radius 3 is 2.10 bits per heavy atom. The molecule has 1 N–H and O–H groups in total. The Labute approximate surface area is 128 Å². The van der Waals surface area contributed by atoms with Crippen LogP contribution in [0.15, 0.2) is 18.2 Å². The predicted molar refractivity (Wildman–Crippen MR) is 85.1 cm³/mol. The van der Waals surface area contributed by atoms with Gasteiger partial charge in [0.1, 0.15) is 11.5 Å². The summed E-state index contributed by atoms with van der Waals surface area (Å²) in [5.74, 6) is 2.49. The zero-order chi connectivity index (χ0) is 15.6. The molecule has 0 spiro atoms. The van der Waals surface area contributed by atoms with Crippen molar-refractivity contribution in [1.82, 2.24) is 0 Å². The van der Waals surface area contributed by atoms with Crippen molar-refractivity contribution < 1.29 is 14.6 Å². The van der Waals surface area contributed by atoms with E-state index in [9.17, 15) is 5.11 Å². The minimum absolute atomic E-state index is 0.110. The molecule has 0 aliphatic heterocycles. The number of ether oxygens (including phenoxy) is 2. The maximum absolute atomic E-state index is 10.5. The molecule has 0 bridgehead atoms. The first-order valence-electron chi connectivity index (χ1n) is 7.80. The van der Waals surface area contributed by atoms with Crippen LogP contribution >= 0.6 is 0 Å². The van der Waals surface area contributed by atoms with Crippen LogP contribution in [0.3, 0.4) is 0 Å². The Morgan fingerprint density at radius 2 is 1.62 bits per heavy atom. The highest BCUT2D eigenvalue weighted by molar-refractivity contribution is 5.42. The Balaban J connectivity index is 2.34. The lowest BCUT2D eigenvalue weighted by Gasteiger charge is -2.42. The molecule has 3 heteroatoms. The number of methoxy groups -OCH3 is 2. The summed E-state index contributed by atoms with van der Waals surface area (Å²) >= 11 is 0. The van der Waals surface area contributed by atoms with Crippen LogP contribution in [0.25, 0.3) is 0 Å². The average molecular weight is 292 g/mol. The van der Waals surface area contributed by atoms with Crippen molar-refractivity contribution in [1.29, 1.82) is 0 Å². The Hall–Kier alpha value is -1.22. The van der Waals surface area contributed by atoms with Gasteiger partial charge in [0.25, 0.3) is 0 Å². The van der Waals surface area contributed by atoms with E-state index in [1.807, 2.05) is 6.07 Å². The van der Waals surface area contributed by atoms with E-state index < -0.39 is 0 Å². The molecule has 0 aromatic heterocycles. The standard InChI is InChI=1S/C18H28O3/c1-12-6-7-16(17(19)8-12)18(2,3)13-9-14(20-4)11-15(10-13)21-5/h9-12,16-17,19H,6-8H2,1-5H3/t12-,16-,17+/m1/s1. The molecule has 1 aliphatic rings. The van der Waals surface area contributed by atoms with Gasteiger partial charge in [0.2, 0.25) is 0 Å². The fraction of sp³-hybridized carbons (Fsp3) is 0.667. The quantitative estimate of drug-likeness (QED) is 0.918. The van der Waals surface area contributed by atoms with E-state index in [2.05, 4.69) is 32.9 Å². The fourth-order valence-electron chi connectivity index (χ4n) is 3.59. The molecule has 118 valence electrons. The van der Waals surface area contributed by atoms with Crippen molar-refractivity contribution in [2.45, 2.75) is 51.6 Å². The first kappa shape index (κ1) is 16.2. The zero-order valence-electron chi connectivity index (χ0n) is 13.8. The molecule has 21 heavy (non-hydrogen) atoms. The predicted octanol–water partition coefficient (Wildman–Crippen LogP) is 3.78. The Kier molecular flexibility index (Phi) is 4.82. The number of benzene rings is 1. The minimum Gasteiger partial charge on any atom is -0.497 e. The van der Waals surface area contributed by atoms with Crippen molar-refractivity contribution in [3.05, 3.63) is 23.8 Å². The fourth-order valence-corrected chi connectivity index (χ4v) is 3.59. The Morgan fingerprint density at radius 1 is 1.05 bits per heavy atom. The molecule has 2 rings (SSSR count). The molecule has 0 amide bonds. The van der Waals surface area contributed by atoms with Gasteiger partial charge in [-0.2, -0.15) is 0 Å². The molecule has 3 nitrogen and oxygen atoms in total. The van der Waals surface area contributed by atoms with Crippen LogP contribution in [0.5, 0.6) is 11.5 Å². The van der Waals surface area contributed by atoms with Crippen LogP contribution < -0.4 is 9.47 Å². The van der Waals surface area contributed by atoms with Crippen molar-refractivity contribution in [3.8, 4) is 11.5 Å². The summed E-state index contributed by atoms with van der Waals surface area (Å²) in [5.41, 5.74) is 1.05. The number of aliphatic hydroxyl groups is 1. The maximum atomic E-state index is 10.5. The van der Waals surface area contributed by atoms with Gasteiger partial charge in [-0.1, -0.05) is 27.2 Å². The second-order valence-electron chi connectivity index (χ2n) is 6.92. The largest absolute Gasteiger partial charge is 0.497 e. The molecule has 0 unspecified atom stereocenters. The van der Waals surface area contributed by atoms with Gasteiger partial charge in [0.15, 0.2) is 0 Å². The second kappa shape index (κ2) is 6.27. The molecular weight excluding hydrogens is 264 g/mol. The molecular formula is C18H28O3. The summed E-state index contributed by atoms with van der Waals surface area (Å²) in [5, 5.41) is 10.5. The van der Waals surface area contributed by atoms with Crippen molar-refractivity contribution in [2.75, 3.05) is 14.2 Å². The third kappa shape index (κ3) is 3.34. The summed E-state index contributed by atoms with van der Waals surface area (Å²) in [7, 11) is 3.34. The molecule has 0 radical (unpaired) electrons. The lowest BCUT2D eigenvalue weighted by Crippen LogP contribution is -2.41. The van der Waals surface area contributed by atoms with Gasteiger partial charge in [-0.3, -0.25) is 0 Å². The molecule has 0 saturated heterocycles. The van der Waals surface area contributed by atoms with Gasteiger partial charge in [0, 0.05) is 6.07 Å². The van der Waals surface area contributed by atoms with E-state index >= 15 is 0 Å². The van der Waals surface area contributed by atoms with Gasteiger partial charge in [-0.05, 0) is 47.8 Å². The molecule has 3 atom stereocenters. The van der Waals surface area contributed by atoms with Gasteiger partial charge >= 0.3 is 0 Å². The van der Waals surface area contributed by atoms with E-state index in [0.717, 1.165) is 29.9 Å². The number of hydrogen-bond acceptors (Lipinski definition) is 3. The molecule has 1 saturated carbocycles. The van der Waals surface area contributed by atoms with Crippen LogP contribution in [0.1, 0.15) is 45.6 Å². The summed E-state index contributed by atoms with van der Waals surface area (Å²) in [6, 6.07) is 6.01. The average Bonchev–Trinajstić information content (AvgIpc) is 2.46. The van der Waals surface area contributed by atoms with Crippen molar-refractivity contribution in [2.24, 2.45) is 11.8 Å². The highest BCUT2D eigenvalue weighted by Gasteiger charge is 2.39. The van der Waals surface area contributed by atoms with Crippen LogP contribution in [0.2, 0.25) is 0 Å². The summed E-state index contributed by atoms with van der Waals surface area (Å²) < 4.78 is 10.8. The molecule has 1 aliphatic carbocycles. The zero-order valence-corrected chi connectivity index (χ0v) is 13.8. The molecule has 1 aromatic rings. The van der Waals surface area contributed by atoms with E-state index in [4.69, 9.17) is 9.47 Å². The lowest BCUT2D eigenvalue weighted by molar-refractivity contribution is 0.0142. The summed E-state index contributed by atoms with van der Waals surface area (Å²) in [6.07, 6.45) is 2.91. The highest BCUT2D eigenvalue weighted by atomic mass is 16.5. The molecule has 1 aromatic carbocycles. The molecule has 1 fully saturated rings. The minimum atomic E-state index is -0.235. The number of aliphatic hydroxyl groups excluding tert-OH is 1. The van der Waals surface area contributed by atoms with Gasteiger partial charge in [-0.25, -0.2) is 0 Å². The maximum Gasteiger partial charge on any atom is 0.122 e. The van der Waals surface area contributed by atoms with Crippen LogP contribution in [0, 0.1) is 11.8 Å². The topological polar surface area (TPSA) is 38.7 Å². The van der Waals surface area contributed by atoms with Gasteiger partial charge in [-0.15, -0.1) is 0 Å². The number of hydrogen-bond donors (Lipinski definition) is 1. The highest BCUT2D eigenvalue weighted by Crippen LogP contribution is 2.44. The normalized spacial score (nSPS) is 26.5. The van der Waals surface area contributed by atoms with E-state index in [0.29, 0.717) is 5.92 Å². The molecule has 0 heterocycles. The summed E-state index contributed by atoms with van der Waals surface area (Å²) in [4.78, 5) is 0. The van der Waals surface area contributed by atoms with E-state index in [1.165, 1.54) is 6.42 Å². The first-order chi connectivity index (χ1) is 9.88. The Bertz CT molecular complexity index is 459. The third-order valence-electron chi connectivity index (χ3n) is 5.10. The smallest absolute Gasteiger partial charge is 0.122 e. The lowest BCUT2D eigenvalue weighted by atomic mass is 9.64. The van der Waals surface area contributed by atoms with Crippen LogP contribution in [-0.2, 0) is 5.41 Å². The van der Waals surface area contributed by atoms with Crippen LogP contribution in [-0.4, -0.2) is 25.4 Å². The van der Waals surface area contributed by atoms with E-state index in [1.54, 1.807) is 14.2 Å². The van der Waals surface area contributed by atoms with Crippen molar-refractivity contribution >= 4 is 0 Å². The first-order valence-corrected chi connectivity index (χ1v) is 7.80. The third-order valence-corrected chi connectivity index (χ3v) is 5.10. The summed E-state index contributed by atoms with van der Waals surface area (Å²) in [6.45, 7) is 6.65. The van der Waals surface area contributed by atoms with Gasteiger partial charge in [0.05, 0.1) is 20.3 Å². The number of rotatable bonds is 4. The SMILES string of the molecule is COc1cc(OC)cc(C(C)(C)[C@@H]2CC[C@@H](C)C[C@@H]2O)c1. The van der Waals surface area contributed by atoms with Crippen LogP contribution in [0.4, 0.5) is 0 Å².